The molecule has 0 saturated carbocycles. The molecule has 2 aromatic carbocycles. The number of benzene rings is 2. The van der Waals surface area contributed by atoms with Crippen LogP contribution in [-0.2, 0) is 0 Å². The van der Waals surface area contributed by atoms with Crippen LogP contribution in [0.2, 0.25) is 0 Å². The summed E-state index contributed by atoms with van der Waals surface area (Å²) in [4.78, 5) is 2.04. The summed E-state index contributed by atoms with van der Waals surface area (Å²) >= 11 is 0. The molecule has 1 aromatic heterocycles. The summed E-state index contributed by atoms with van der Waals surface area (Å²) in [7, 11) is 2.01. The van der Waals surface area contributed by atoms with E-state index in [0.29, 0.717) is 0 Å². The minimum atomic E-state index is 0.859. The number of fused-ring (bicyclic) bond motifs is 1. The lowest BCUT2D eigenvalue weighted by Crippen LogP contribution is -2.07. The molecule has 0 amide bonds. The highest BCUT2D eigenvalue weighted by atomic mass is 16.4. The van der Waals surface area contributed by atoms with Gasteiger partial charge in [-0.3, -0.25) is 0 Å². The molecule has 2 heteroatoms. The van der Waals surface area contributed by atoms with Crippen molar-refractivity contribution in [3.63, 3.8) is 0 Å². The van der Waals surface area contributed by atoms with Crippen LogP contribution in [-0.4, -0.2) is 7.05 Å². The van der Waals surface area contributed by atoms with E-state index in [4.69, 9.17) is 4.42 Å². The lowest BCUT2D eigenvalue weighted by Gasteiger charge is -2.15. The Hall–Kier alpha value is -2.22. The van der Waals surface area contributed by atoms with E-state index in [2.05, 4.69) is 24.3 Å². The van der Waals surface area contributed by atoms with Gasteiger partial charge in [0.15, 0.2) is 0 Å². The largest absolute Gasteiger partial charge is 0.440 e. The van der Waals surface area contributed by atoms with E-state index in [0.717, 1.165) is 22.5 Å². The smallest absolute Gasteiger partial charge is 0.200 e. The fourth-order valence-electron chi connectivity index (χ4n) is 1.91. The number of hydrogen-bond donors (Lipinski definition) is 0. The Bertz CT molecular complexity index is 594. The van der Waals surface area contributed by atoms with Crippen LogP contribution in [0.5, 0.6) is 0 Å². The minimum Gasteiger partial charge on any atom is -0.440 e. The summed E-state index contributed by atoms with van der Waals surface area (Å²) in [6.07, 6.45) is 0. The van der Waals surface area contributed by atoms with Crippen molar-refractivity contribution in [2.24, 2.45) is 0 Å². The molecule has 0 aliphatic rings. The van der Waals surface area contributed by atoms with Crippen LogP contribution in [0.15, 0.2) is 65.1 Å². The monoisotopic (exact) mass is 223 g/mol. The van der Waals surface area contributed by atoms with Crippen molar-refractivity contribution < 1.29 is 4.42 Å². The van der Waals surface area contributed by atoms with E-state index in [9.17, 15) is 0 Å². The average Bonchev–Trinajstić information content (AvgIpc) is 2.82. The first-order chi connectivity index (χ1) is 8.34. The fraction of sp³-hybridized carbons (Fsp3) is 0.0667. The molecular weight excluding hydrogens is 210 g/mol. The molecule has 17 heavy (non-hydrogen) atoms. The van der Waals surface area contributed by atoms with Gasteiger partial charge in [-0.15, -0.1) is 0 Å². The number of nitrogens with zero attached hydrogens (tertiary/aromatic N) is 1. The van der Waals surface area contributed by atoms with Crippen molar-refractivity contribution in [1.82, 2.24) is 0 Å². The molecule has 0 atom stereocenters. The molecule has 0 aliphatic carbocycles. The third-order valence-corrected chi connectivity index (χ3v) is 2.89. The third kappa shape index (κ3) is 1.78. The molecule has 84 valence electrons. The molecule has 0 aliphatic heterocycles. The zero-order valence-electron chi connectivity index (χ0n) is 9.63. The minimum absolute atomic E-state index is 0.859. The van der Waals surface area contributed by atoms with Crippen molar-refractivity contribution in [3.05, 3.63) is 60.7 Å². The van der Waals surface area contributed by atoms with E-state index >= 15 is 0 Å². The Morgan fingerprint density at radius 3 is 2.35 bits per heavy atom. The van der Waals surface area contributed by atoms with Crippen LogP contribution in [0.4, 0.5) is 11.6 Å². The van der Waals surface area contributed by atoms with Crippen LogP contribution in [0.1, 0.15) is 0 Å². The fourth-order valence-corrected chi connectivity index (χ4v) is 1.91. The van der Waals surface area contributed by atoms with E-state index in [-0.39, 0.29) is 0 Å². The lowest BCUT2D eigenvalue weighted by molar-refractivity contribution is 0.616. The highest BCUT2D eigenvalue weighted by molar-refractivity contribution is 5.82. The van der Waals surface area contributed by atoms with Gasteiger partial charge in [-0.2, -0.15) is 0 Å². The first kappa shape index (κ1) is 9.97. The zero-order chi connectivity index (χ0) is 11.7. The van der Waals surface area contributed by atoms with Crippen molar-refractivity contribution >= 4 is 22.5 Å². The highest BCUT2D eigenvalue weighted by Crippen LogP contribution is 2.29. The van der Waals surface area contributed by atoms with Gasteiger partial charge in [-0.1, -0.05) is 36.4 Å². The van der Waals surface area contributed by atoms with Crippen molar-refractivity contribution in [2.75, 3.05) is 11.9 Å². The van der Waals surface area contributed by atoms with Gasteiger partial charge in [0, 0.05) is 24.2 Å². The Morgan fingerprint density at radius 1 is 0.882 bits per heavy atom. The van der Waals surface area contributed by atoms with Gasteiger partial charge in [0.25, 0.3) is 0 Å². The Morgan fingerprint density at radius 2 is 1.59 bits per heavy atom. The Balaban J connectivity index is 2.04. The predicted octanol–water partition coefficient (Wildman–Crippen LogP) is 4.20. The van der Waals surface area contributed by atoms with E-state index in [1.807, 2.05) is 48.3 Å². The van der Waals surface area contributed by atoms with Crippen molar-refractivity contribution in [1.29, 1.82) is 0 Å². The predicted molar refractivity (Wildman–Crippen MR) is 70.7 cm³/mol. The molecular formula is C15H13NO. The third-order valence-electron chi connectivity index (χ3n) is 2.89. The molecule has 0 radical (unpaired) electrons. The molecule has 0 bridgehead atoms. The quantitative estimate of drug-likeness (QED) is 0.647. The Labute approximate surface area is 100 Å². The maximum atomic E-state index is 5.81. The van der Waals surface area contributed by atoms with Gasteiger partial charge in [0.2, 0.25) is 5.88 Å². The second-order valence-electron chi connectivity index (χ2n) is 4.02. The van der Waals surface area contributed by atoms with Gasteiger partial charge in [0.05, 0.1) is 0 Å². The summed E-state index contributed by atoms with van der Waals surface area (Å²) < 4.78 is 5.81. The SMILES string of the molecule is CN(c1ccccc1)c1cc2ccccc2o1. The first-order valence-corrected chi connectivity index (χ1v) is 5.62. The van der Waals surface area contributed by atoms with Crippen LogP contribution in [0.3, 0.4) is 0 Å². The van der Waals surface area contributed by atoms with E-state index in [1.54, 1.807) is 0 Å². The molecule has 0 saturated heterocycles. The lowest BCUT2D eigenvalue weighted by atomic mass is 10.2. The number of para-hydroxylation sites is 2. The molecule has 2 nitrogen and oxygen atoms in total. The molecule has 0 fully saturated rings. The van der Waals surface area contributed by atoms with Gasteiger partial charge in [-0.05, 0) is 18.2 Å². The number of furan rings is 1. The maximum Gasteiger partial charge on any atom is 0.200 e. The van der Waals surface area contributed by atoms with Crippen LogP contribution < -0.4 is 4.90 Å². The molecule has 1 heterocycles. The van der Waals surface area contributed by atoms with Crippen LogP contribution in [0.25, 0.3) is 11.0 Å². The van der Waals surface area contributed by atoms with E-state index < -0.39 is 0 Å². The first-order valence-electron chi connectivity index (χ1n) is 5.62. The summed E-state index contributed by atoms with van der Waals surface area (Å²) in [5.41, 5.74) is 2.04. The van der Waals surface area contributed by atoms with Crippen LogP contribution >= 0.6 is 0 Å². The standard InChI is InChI=1S/C15H13NO/c1-16(13-8-3-2-4-9-13)15-11-12-7-5-6-10-14(12)17-15/h2-11H,1H3. The van der Waals surface area contributed by atoms with Crippen molar-refractivity contribution in [3.8, 4) is 0 Å². The summed E-state index contributed by atoms with van der Waals surface area (Å²) in [6, 6.07) is 20.3. The maximum absolute atomic E-state index is 5.81. The zero-order valence-corrected chi connectivity index (χ0v) is 9.63. The van der Waals surface area contributed by atoms with Crippen molar-refractivity contribution in [2.45, 2.75) is 0 Å². The number of rotatable bonds is 2. The van der Waals surface area contributed by atoms with Gasteiger partial charge >= 0.3 is 0 Å². The summed E-state index contributed by atoms with van der Waals surface area (Å²) in [6.45, 7) is 0. The summed E-state index contributed by atoms with van der Waals surface area (Å²) in [5, 5.41) is 1.13. The average molecular weight is 223 g/mol. The normalized spacial score (nSPS) is 10.6. The molecule has 3 aromatic rings. The second kappa shape index (κ2) is 3.98. The topological polar surface area (TPSA) is 16.4 Å². The van der Waals surface area contributed by atoms with Gasteiger partial charge < -0.3 is 9.32 Å². The number of anilines is 2. The second-order valence-corrected chi connectivity index (χ2v) is 4.02. The van der Waals surface area contributed by atoms with Gasteiger partial charge in [0.1, 0.15) is 5.58 Å². The molecule has 0 spiro atoms. The highest BCUT2D eigenvalue weighted by Gasteiger charge is 2.08. The van der Waals surface area contributed by atoms with Crippen LogP contribution in [0, 0.1) is 0 Å². The molecule has 0 N–H and O–H groups in total. The van der Waals surface area contributed by atoms with Gasteiger partial charge in [-0.25, -0.2) is 0 Å². The number of hydrogen-bond acceptors (Lipinski definition) is 2. The van der Waals surface area contributed by atoms with E-state index in [1.165, 1.54) is 0 Å². The molecule has 0 unspecified atom stereocenters. The molecule has 3 rings (SSSR count). The summed E-state index contributed by atoms with van der Waals surface area (Å²) in [5.74, 6) is 0.859. The Kier molecular flexibility index (Phi) is 2.33.